The Morgan fingerprint density at radius 3 is 2.17 bits per heavy atom. The molecule has 18 heavy (non-hydrogen) atoms. The van der Waals surface area contributed by atoms with Crippen molar-refractivity contribution in [1.29, 1.82) is 0 Å². The summed E-state index contributed by atoms with van der Waals surface area (Å²) < 4.78 is 10.0. The van der Waals surface area contributed by atoms with Crippen molar-refractivity contribution >= 4 is 6.16 Å². The van der Waals surface area contributed by atoms with Crippen molar-refractivity contribution in [2.75, 3.05) is 6.61 Å². The molecular weight excluding hydrogens is 228 g/mol. The third-order valence-corrected chi connectivity index (χ3v) is 2.46. The van der Waals surface area contributed by atoms with Gasteiger partial charge in [0.15, 0.2) is 0 Å². The monoisotopic (exact) mass is 250 g/mol. The molecule has 0 saturated carbocycles. The number of rotatable bonds is 3. The van der Waals surface area contributed by atoms with E-state index in [1.165, 1.54) is 5.56 Å². The van der Waals surface area contributed by atoms with E-state index in [9.17, 15) is 4.79 Å². The zero-order chi connectivity index (χ0) is 13.8. The van der Waals surface area contributed by atoms with E-state index in [1.54, 1.807) is 12.1 Å². The first kappa shape index (κ1) is 14.6. The van der Waals surface area contributed by atoms with Crippen molar-refractivity contribution in [3.05, 3.63) is 29.8 Å². The molecule has 3 heteroatoms. The lowest BCUT2D eigenvalue weighted by Gasteiger charge is -2.18. The highest BCUT2D eigenvalue weighted by molar-refractivity contribution is 5.63. The first-order chi connectivity index (χ1) is 8.29. The lowest BCUT2D eigenvalue weighted by Crippen LogP contribution is -2.14. The molecule has 0 atom stereocenters. The van der Waals surface area contributed by atoms with E-state index in [2.05, 4.69) is 20.8 Å². The predicted octanol–water partition coefficient (Wildman–Crippen LogP) is 4.16. The van der Waals surface area contributed by atoms with Gasteiger partial charge in [0.25, 0.3) is 0 Å². The van der Waals surface area contributed by atoms with Crippen LogP contribution in [-0.2, 0) is 10.2 Å². The van der Waals surface area contributed by atoms with E-state index in [4.69, 9.17) is 9.47 Å². The van der Waals surface area contributed by atoms with Gasteiger partial charge < -0.3 is 9.47 Å². The van der Waals surface area contributed by atoms with Crippen LogP contribution in [0.3, 0.4) is 0 Å². The normalized spacial score (nSPS) is 11.4. The molecule has 0 bridgehead atoms. The summed E-state index contributed by atoms with van der Waals surface area (Å²) in [5, 5.41) is 0. The van der Waals surface area contributed by atoms with Crippen molar-refractivity contribution in [2.45, 2.75) is 40.0 Å². The minimum atomic E-state index is -0.646. The molecule has 0 saturated heterocycles. The molecule has 0 heterocycles. The Hall–Kier alpha value is -1.51. The summed E-state index contributed by atoms with van der Waals surface area (Å²) >= 11 is 0. The fraction of sp³-hybridized carbons (Fsp3) is 0.533. The number of ether oxygens (including phenoxy) is 2. The van der Waals surface area contributed by atoms with Gasteiger partial charge in [-0.15, -0.1) is 0 Å². The first-order valence-electron chi connectivity index (χ1n) is 6.24. The van der Waals surface area contributed by atoms with Crippen molar-refractivity contribution < 1.29 is 14.3 Å². The zero-order valence-corrected chi connectivity index (χ0v) is 11.8. The molecule has 0 aliphatic heterocycles. The van der Waals surface area contributed by atoms with E-state index in [-0.39, 0.29) is 5.41 Å². The SMILES string of the molecule is CC(C)COC(=O)Oc1ccc(C(C)(C)C)cc1. The highest BCUT2D eigenvalue weighted by Crippen LogP contribution is 2.24. The van der Waals surface area contributed by atoms with Crippen LogP contribution in [0, 0.1) is 5.92 Å². The molecule has 0 N–H and O–H groups in total. The van der Waals surface area contributed by atoms with Crippen LogP contribution in [0.25, 0.3) is 0 Å². The quantitative estimate of drug-likeness (QED) is 0.597. The molecule has 0 aliphatic rings. The maximum absolute atomic E-state index is 11.4. The predicted molar refractivity (Wildman–Crippen MR) is 72.0 cm³/mol. The Labute approximate surface area is 109 Å². The molecule has 0 amide bonds. The number of hydrogen-bond donors (Lipinski definition) is 0. The number of hydrogen-bond acceptors (Lipinski definition) is 3. The van der Waals surface area contributed by atoms with E-state index < -0.39 is 6.16 Å². The van der Waals surface area contributed by atoms with Crippen LogP contribution in [-0.4, -0.2) is 12.8 Å². The summed E-state index contributed by atoms with van der Waals surface area (Å²) in [6.45, 7) is 10.7. The van der Waals surface area contributed by atoms with Gasteiger partial charge >= 0.3 is 6.16 Å². The Morgan fingerprint density at radius 2 is 1.72 bits per heavy atom. The molecule has 0 aliphatic carbocycles. The third-order valence-electron chi connectivity index (χ3n) is 2.46. The standard InChI is InChI=1S/C15H22O3/c1-11(2)10-17-14(16)18-13-8-6-12(7-9-13)15(3,4)5/h6-9,11H,10H2,1-5H3. The molecule has 1 rings (SSSR count). The highest BCUT2D eigenvalue weighted by Gasteiger charge is 2.14. The average Bonchev–Trinajstić information content (AvgIpc) is 2.26. The highest BCUT2D eigenvalue weighted by atomic mass is 16.7. The number of carbonyl (C=O) groups is 1. The summed E-state index contributed by atoms with van der Waals surface area (Å²) in [7, 11) is 0. The number of carbonyl (C=O) groups excluding carboxylic acids is 1. The van der Waals surface area contributed by atoms with Crippen LogP contribution in [0.15, 0.2) is 24.3 Å². The van der Waals surface area contributed by atoms with Gasteiger partial charge in [0.1, 0.15) is 5.75 Å². The van der Waals surface area contributed by atoms with E-state index in [0.29, 0.717) is 18.3 Å². The maximum Gasteiger partial charge on any atom is 0.513 e. The molecule has 0 fully saturated rings. The topological polar surface area (TPSA) is 35.5 Å². The second-order valence-electron chi connectivity index (χ2n) is 5.83. The molecule has 0 aromatic heterocycles. The van der Waals surface area contributed by atoms with Crippen LogP contribution in [0.1, 0.15) is 40.2 Å². The van der Waals surface area contributed by atoms with Gasteiger partial charge in [-0.25, -0.2) is 4.79 Å². The molecule has 0 radical (unpaired) electrons. The van der Waals surface area contributed by atoms with Crippen LogP contribution < -0.4 is 4.74 Å². The molecule has 100 valence electrons. The van der Waals surface area contributed by atoms with Crippen LogP contribution in [0.4, 0.5) is 4.79 Å². The minimum Gasteiger partial charge on any atom is -0.434 e. The molecule has 0 unspecified atom stereocenters. The van der Waals surface area contributed by atoms with Crippen molar-refractivity contribution in [1.82, 2.24) is 0 Å². The summed E-state index contributed by atoms with van der Waals surface area (Å²) in [6, 6.07) is 7.50. The zero-order valence-electron chi connectivity index (χ0n) is 11.8. The second kappa shape index (κ2) is 5.89. The van der Waals surface area contributed by atoms with Crippen molar-refractivity contribution in [3.63, 3.8) is 0 Å². The Balaban J connectivity index is 2.56. The summed E-state index contributed by atoms with van der Waals surface area (Å²) in [5.74, 6) is 0.817. The van der Waals surface area contributed by atoms with Gasteiger partial charge in [-0.2, -0.15) is 0 Å². The average molecular weight is 250 g/mol. The van der Waals surface area contributed by atoms with Crippen molar-refractivity contribution in [3.8, 4) is 5.75 Å². The summed E-state index contributed by atoms with van der Waals surface area (Å²) in [4.78, 5) is 11.4. The summed E-state index contributed by atoms with van der Waals surface area (Å²) in [5.41, 5.74) is 1.29. The third kappa shape index (κ3) is 4.78. The molecule has 0 spiro atoms. The minimum absolute atomic E-state index is 0.0939. The number of benzene rings is 1. The van der Waals surface area contributed by atoms with Gasteiger partial charge in [-0.05, 0) is 29.0 Å². The Morgan fingerprint density at radius 1 is 1.17 bits per heavy atom. The Bertz CT molecular complexity index is 385. The van der Waals surface area contributed by atoms with E-state index >= 15 is 0 Å². The van der Waals surface area contributed by atoms with Crippen LogP contribution in [0.2, 0.25) is 0 Å². The first-order valence-corrected chi connectivity index (χ1v) is 6.24. The fourth-order valence-electron chi connectivity index (χ4n) is 1.38. The lowest BCUT2D eigenvalue weighted by atomic mass is 9.87. The molecule has 1 aromatic carbocycles. The molecule has 3 nitrogen and oxygen atoms in total. The van der Waals surface area contributed by atoms with Gasteiger partial charge in [0.2, 0.25) is 0 Å². The van der Waals surface area contributed by atoms with Gasteiger partial charge in [-0.1, -0.05) is 46.8 Å². The fourth-order valence-corrected chi connectivity index (χ4v) is 1.38. The lowest BCUT2D eigenvalue weighted by molar-refractivity contribution is 0.0885. The maximum atomic E-state index is 11.4. The van der Waals surface area contributed by atoms with E-state index in [1.807, 2.05) is 26.0 Å². The Kier molecular flexibility index (Phi) is 4.76. The van der Waals surface area contributed by atoms with Gasteiger partial charge in [0.05, 0.1) is 6.61 Å². The van der Waals surface area contributed by atoms with Gasteiger partial charge in [-0.3, -0.25) is 0 Å². The largest absolute Gasteiger partial charge is 0.513 e. The van der Waals surface area contributed by atoms with Crippen LogP contribution in [0.5, 0.6) is 5.75 Å². The summed E-state index contributed by atoms with van der Waals surface area (Å²) in [6.07, 6.45) is -0.646. The van der Waals surface area contributed by atoms with Gasteiger partial charge in [0, 0.05) is 0 Å². The molecular formula is C15H22O3. The smallest absolute Gasteiger partial charge is 0.434 e. The molecule has 1 aromatic rings. The van der Waals surface area contributed by atoms with Crippen molar-refractivity contribution in [2.24, 2.45) is 5.92 Å². The second-order valence-corrected chi connectivity index (χ2v) is 5.83. The van der Waals surface area contributed by atoms with Crippen LogP contribution >= 0.6 is 0 Å². The van der Waals surface area contributed by atoms with E-state index in [0.717, 1.165) is 0 Å².